The van der Waals surface area contributed by atoms with Gasteiger partial charge in [-0.05, 0) is 24.5 Å². The number of rotatable bonds is 11. The van der Waals surface area contributed by atoms with Crippen LogP contribution in [0.2, 0.25) is 0 Å². The van der Waals surface area contributed by atoms with Crippen molar-refractivity contribution in [1.29, 1.82) is 0 Å². The minimum atomic E-state index is 0. The Morgan fingerprint density at radius 1 is 0.750 bits per heavy atom. The molecule has 0 fully saturated rings. The first-order chi connectivity index (χ1) is 9.34. The van der Waals surface area contributed by atoms with E-state index in [0.717, 1.165) is 12.0 Å². The molecule has 0 amide bonds. The molecule has 0 radical (unpaired) electrons. The molecule has 1 rings (SSSR count). The molecule has 0 aromatic heterocycles. The van der Waals surface area contributed by atoms with E-state index >= 15 is 0 Å². The number of benzene rings is 1. The van der Waals surface area contributed by atoms with E-state index in [4.69, 9.17) is 0 Å². The molecule has 1 aromatic rings. The Kier molecular flexibility index (Phi) is 14.4. The monoisotopic (exact) mass is 304 g/mol. The van der Waals surface area contributed by atoms with E-state index in [0.29, 0.717) is 5.75 Å². The van der Waals surface area contributed by atoms with Crippen LogP contribution in [0.3, 0.4) is 0 Å². The van der Waals surface area contributed by atoms with Crippen LogP contribution in [0.25, 0.3) is 0 Å². The molecule has 20 heavy (non-hydrogen) atoms. The van der Waals surface area contributed by atoms with Crippen LogP contribution in [-0.4, -0.2) is 42.8 Å². The van der Waals surface area contributed by atoms with Crippen LogP contribution in [0.4, 0.5) is 0 Å². The average Bonchev–Trinajstić information content (AvgIpc) is 2.43. The molecule has 0 aliphatic carbocycles. The van der Waals surface area contributed by atoms with Crippen molar-refractivity contribution >= 4 is 37.7 Å². The van der Waals surface area contributed by atoms with Gasteiger partial charge in [-0.2, -0.15) is 0 Å². The summed E-state index contributed by atoms with van der Waals surface area (Å²) < 4.78 is 0. The fourth-order valence-electron chi connectivity index (χ4n) is 2.53. The van der Waals surface area contributed by atoms with Crippen molar-refractivity contribution in [3.63, 3.8) is 0 Å². The van der Waals surface area contributed by atoms with Gasteiger partial charge in [0.15, 0.2) is 0 Å². The summed E-state index contributed by atoms with van der Waals surface area (Å²) in [4.78, 5) is 0. The van der Waals surface area contributed by atoms with Gasteiger partial charge in [0.2, 0.25) is 0 Å². The van der Waals surface area contributed by atoms with Gasteiger partial charge < -0.3 is 5.11 Å². The van der Waals surface area contributed by atoms with Gasteiger partial charge in [-0.25, -0.2) is 0 Å². The van der Waals surface area contributed by atoms with E-state index in [9.17, 15) is 5.11 Å². The maximum atomic E-state index is 9.65. The van der Waals surface area contributed by atoms with Gasteiger partial charge in [-0.15, -0.1) is 0 Å². The Balaban J connectivity index is 0.00000361. The predicted octanol–water partition coefficient (Wildman–Crippen LogP) is 4.94. The quantitative estimate of drug-likeness (QED) is 0.453. The number of para-hydroxylation sites is 1. The van der Waals surface area contributed by atoms with Crippen LogP contribution in [-0.2, 0) is 6.42 Å². The summed E-state index contributed by atoms with van der Waals surface area (Å²) in [6, 6.07) is 7.71. The number of unbranched alkanes of at least 4 members (excludes halogenated alkanes) is 9. The third-order valence-electron chi connectivity index (χ3n) is 3.79. The zero-order valence-corrected chi connectivity index (χ0v) is 12.5. The van der Waals surface area contributed by atoms with E-state index in [1.165, 1.54) is 64.2 Å². The van der Waals surface area contributed by atoms with Crippen molar-refractivity contribution in [2.24, 2.45) is 0 Å². The summed E-state index contributed by atoms with van der Waals surface area (Å²) in [5.41, 5.74) is 1.10. The number of aryl methyl sites for hydroxylation is 1. The van der Waals surface area contributed by atoms with Gasteiger partial charge in [0.1, 0.15) is 5.75 Å². The maximum absolute atomic E-state index is 9.65. The van der Waals surface area contributed by atoms with E-state index in [2.05, 4.69) is 6.92 Å². The van der Waals surface area contributed by atoms with Crippen LogP contribution >= 0.6 is 0 Å². The molecule has 0 aliphatic heterocycles. The SMILES string of the molecule is CCCCCCCCCCCCc1ccccc1O.[CaH2]. The minimum absolute atomic E-state index is 0. The average molecular weight is 305 g/mol. The fourth-order valence-corrected chi connectivity index (χ4v) is 2.53. The van der Waals surface area contributed by atoms with Crippen molar-refractivity contribution in [2.75, 3.05) is 0 Å². The molecule has 1 nitrogen and oxygen atoms in total. The first kappa shape index (κ1) is 20.3. The molecule has 0 saturated carbocycles. The molecule has 0 unspecified atom stereocenters. The second-order valence-electron chi connectivity index (χ2n) is 5.56. The molecule has 0 bridgehead atoms. The zero-order chi connectivity index (χ0) is 13.8. The third kappa shape index (κ3) is 10.1. The second kappa shape index (κ2) is 14.2. The summed E-state index contributed by atoms with van der Waals surface area (Å²) in [6.45, 7) is 2.27. The van der Waals surface area contributed by atoms with Crippen molar-refractivity contribution in [3.05, 3.63) is 29.8 Å². The van der Waals surface area contributed by atoms with E-state index in [1.807, 2.05) is 18.2 Å². The Bertz CT molecular complexity index is 325. The molecule has 112 valence electrons. The summed E-state index contributed by atoms with van der Waals surface area (Å²) in [7, 11) is 0. The standard InChI is InChI=1S/C18H30O.Ca.2H/c1-2-3-4-5-6-7-8-9-10-11-14-17-15-12-13-16-18(17)19;;;/h12-13,15-16,19H,2-11,14H2,1H3;;;. The number of hydrogen-bond donors (Lipinski definition) is 1. The molecule has 1 aromatic carbocycles. The summed E-state index contributed by atoms with van der Waals surface area (Å²) in [5.74, 6) is 0.457. The Labute approximate surface area is 155 Å². The molecular weight excluding hydrogens is 272 g/mol. The summed E-state index contributed by atoms with van der Waals surface area (Å²) in [5, 5.41) is 9.65. The van der Waals surface area contributed by atoms with Gasteiger partial charge in [-0.3, -0.25) is 0 Å². The Morgan fingerprint density at radius 3 is 1.80 bits per heavy atom. The number of phenolic OH excluding ortho intramolecular Hbond substituents is 1. The number of hydrogen-bond acceptors (Lipinski definition) is 1. The molecule has 0 spiro atoms. The number of phenols is 1. The van der Waals surface area contributed by atoms with E-state index in [1.54, 1.807) is 6.07 Å². The first-order valence-electron chi connectivity index (χ1n) is 8.11. The molecule has 0 heterocycles. The summed E-state index contributed by atoms with van der Waals surface area (Å²) >= 11 is 0. The van der Waals surface area contributed by atoms with Crippen molar-refractivity contribution in [3.8, 4) is 5.75 Å². The molecule has 1 N–H and O–H groups in total. The van der Waals surface area contributed by atoms with Crippen molar-refractivity contribution in [1.82, 2.24) is 0 Å². The normalized spacial score (nSPS) is 10.2. The van der Waals surface area contributed by atoms with Crippen LogP contribution in [0, 0.1) is 0 Å². The van der Waals surface area contributed by atoms with E-state index in [-0.39, 0.29) is 37.7 Å². The molecule has 0 saturated heterocycles. The molecular formula is C18H32CaO. The van der Waals surface area contributed by atoms with Crippen LogP contribution in [0.15, 0.2) is 24.3 Å². The Hall–Kier alpha value is 0.280. The number of aromatic hydroxyl groups is 1. The molecule has 0 aliphatic rings. The van der Waals surface area contributed by atoms with Crippen LogP contribution < -0.4 is 0 Å². The van der Waals surface area contributed by atoms with Crippen LogP contribution in [0.5, 0.6) is 5.75 Å². The predicted molar refractivity (Wildman–Crippen MR) is 92.2 cm³/mol. The third-order valence-corrected chi connectivity index (χ3v) is 3.79. The van der Waals surface area contributed by atoms with Gasteiger partial charge in [0.05, 0.1) is 0 Å². The molecule has 0 atom stereocenters. The first-order valence-corrected chi connectivity index (χ1v) is 8.11. The summed E-state index contributed by atoms with van der Waals surface area (Å²) in [6.07, 6.45) is 14.6. The second-order valence-corrected chi connectivity index (χ2v) is 5.56. The van der Waals surface area contributed by atoms with Gasteiger partial charge in [0, 0.05) is 0 Å². The van der Waals surface area contributed by atoms with Gasteiger partial charge in [-0.1, -0.05) is 82.9 Å². The topological polar surface area (TPSA) is 20.2 Å². The van der Waals surface area contributed by atoms with Crippen molar-refractivity contribution < 1.29 is 5.11 Å². The van der Waals surface area contributed by atoms with Crippen LogP contribution in [0.1, 0.15) is 76.7 Å². The zero-order valence-electron chi connectivity index (χ0n) is 12.5. The van der Waals surface area contributed by atoms with E-state index < -0.39 is 0 Å². The fraction of sp³-hybridized carbons (Fsp3) is 0.667. The van der Waals surface area contributed by atoms with Crippen molar-refractivity contribution in [2.45, 2.75) is 77.6 Å². The van der Waals surface area contributed by atoms with Gasteiger partial charge >= 0.3 is 37.7 Å². The Morgan fingerprint density at radius 2 is 1.25 bits per heavy atom. The molecule has 2 heteroatoms. The van der Waals surface area contributed by atoms with Gasteiger partial charge in [0.25, 0.3) is 0 Å².